The number of aromatic nitrogens is 1. The highest BCUT2D eigenvalue weighted by Crippen LogP contribution is 2.34. The first-order chi connectivity index (χ1) is 12.8. The van der Waals surface area contributed by atoms with Crippen LogP contribution in [0.3, 0.4) is 0 Å². The molecule has 0 saturated heterocycles. The summed E-state index contributed by atoms with van der Waals surface area (Å²) in [5, 5.41) is 0.433. The van der Waals surface area contributed by atoms with Crippen LogP contribution < -0.4 is 11.5 Å². The Labute approximate surface area is 162 Å². The van der Waals surface area contributed by atoms with Crippen LogP contribution in [0.15, 0.2) is 48.5 Å². The molecule has 4 N–H and O–H groups in total. The fourth-order valence-electron chi connectivity index (χ4n) is 3.22. The van der Waals surface area contributed by atoms with Gasteiger partial charge in [-0.25, -0.2) is 4.39 Å². The average Bonchev–Trinajstić information content (AvgIpc) is 2.57. The Hall–Kier alpha value is -2.92. The van der Waals surface area contributed by atoms with Gasteiger partial charge in [-0.2, -0.15) is 0 Å². The van der Waals surface area contributed by atoms with Crippen LogP contribution in [-0.2, 0) is 4.79 Å². The molecule has 2 aromatic carbocycles. The van der Waals surface area contributed by atoms with Gasteiger partial charge in [-0.1, -0.05) is 23.7 Å². The SMILES string of the molecule is Cc1cc(F)ccc1-c1cc(N)cc(C(C(N)=O)c2c(C)cccc2Cl)n1. The summed E-state index contributed by atoms with van der Waals surface area (Å²) in [4.78, 5) is 16.9. The lowest BCUT2D eigenvalue weighted by Gasteiger charge is -2.19. The predicted octanol–water partition coefficient (Wildman–Crippen LogP) is 4.36. The Bertz CT molecular complexity index is 1020. The second kappa shape index (κ2) is 7.37. The summed E-state index contributed by atoms with van der Waals surface area (Å²) in [5.41, 5.74) is 16.0. The molecule has 0 bridgehead atoms. The van der Waals surface area contributed by atoms with E-state index in [-0.39, 0.29) is 5.82 Å². The largest absolute Gasteiger partial charge is 0.399 e. The molecule has 0 saturated carbocycles. The van der Waals surface area contributed by atoms with Crippen LogP contribution in [0.25, 0.3) is 11.3 Å². The number of nitrogens with zero attached hydrogens (tertiary/aromatic N) is 1. The Morgan fingerprint density at radius 2 is 1.85 bits per heavy atom. The molecule has 1 heterocycles. The molecule has 27 heavy (non-hydrogen) atoms. The third-order valence-electron chi connectivity index (χ3n) is 4.47. The number of halogens is 2. The molecule has 1 atom stereocenters. The number of amides is 1. The van der Waals surface area contributed by atoms with E-state index in [1.807, 2.05) is 13.0 Å². The highest BCUT2D eigenvalue weighted by molar-refractivity contribution is 6.31. The van der Waals surface area contributed by atoms with Crippen molar-refractivity contribution in [2.75, 3.05) is 5.73 Å². The number of benzene rings is 2. The van der Waals surface area contributed by atoms with Crippen LogP contribution in [0.1, 0.15) is 28.3 Å². The number of carbonyl (C=O) groups excluding carboxylic acids is 1. The van der Waals surface area contributed by atoms with Crippen molar-refractivity contribution in [2.24, 2.45) is 5.73 Å². The number of hydrogen-bond acceptors (Lipinski definition) is 3. The van der Waals surface area contributed by atoms with Gasteiger partial charge < -0.3 is 11.5 Å². The maximum Gasteiger partial charge on any atom is 0.231 e. The van der Waals surface area contributed by atoms with E-state index in [1.54, 1.807) is 37.3 Å². The molecule has 6 heteroatoms. The van der Waals surface area contributed by atoms with E-state index >= 15 is 0 Å². The molecule has 3 rings (SSSR count). The van der Waals surface area contributed by atoms with Gasteiger partial charge >= 0.3 is 0 Å². The average molecular weight is 384 g/mol. The van der Waals surface area contributed by atoms with Gasteiger partial charge in [0.2, 0.25) is 5.91 Å². The van der Waals surface area contributed by atoms with Gasteiger partial charge in [0.15, 0.2) is 0 Å². The molecule has 0 aliphatic carbocycles. The predicted molar refractivity (Wildman–Crippen MR) is 106 cm³/mol. The number of pyridine rings is 1. The van der Waals surface area contributed by atoms with Crippen LogP contribution in [0, 0.1) is 19.7 Å². The normalized spacial score (nSPS) is 12.0. The smallest absolute Gasteiger partial charge is 0.231 e. The number of nitrogens with two attached hydrogens (primary N) is 2. The zero-order valence-electron chi connectivity index (χ0n) is 15.0. The topological polar surface area (TPSA) is 82.0 Å². The van der Waals surface area contributed by atoms with Gasteiger partial charge in [0, 0.05) is 16.3 Å². The van der Waals surface area contributed by atoms with Crippen molar-refractivity contribution in [3.63, 3.8) is 0 Å². The lowest BCUT2D eigenvalue weighted by atomic mass is 9.90. The van der Waals surface area contributed by atoms with Crippen molar-refractivity contribution < 1.29 is 9.18 Å². The second-order valence-electron chi connectivity index (χ2n) is 6.48. The van der Waals surface area contributed by atoms with Gasteiger partial charge in [0.05, 0.1) is 11.4 Å². The molecular formula is C21H19ClFN3O. The number of aryl methyl sites for hydroxylation is 2. The van der Waals surface area contributed by atoms with E-state index < -0.39 is 11.8 Å². The highest BCUT2D eigenvalue weighted by atomic mass is 35.5. The van der Waals surface area contributed by atoms with Crippen molar-refractivity contribution in [1.82, 2.24) is 4.98 Å². The molecule has 0 radical (unpaired) electrons. The number of nitrogen functional groups attached to an aromatic ring is 1. The van der Waals surface area contributed by atoms with Crippen molar-refractivity contribution in [3.8, 4) is 11.3 Å². The van der Waals surface area contributed by atoms with Gasteiger partial charge in [-0.05, 0) is 66.9 Å². The Balaban J connectivity index is 2.20. The van der Waals surface area contributed by atoms with E-state index in [0.29, 0.717) is 33.2 Å². The molecule has 0 aliphatic rings. The Morgan fingerprint density at radius 3 is 2.48 bits per heavy atom. The summed E-state index contributed by atoms with van der Waals surface area (Å²) >= 11 is 6.35. The lowest BCUT2D eigenvalue weighted by molar-refractivity contribution is -0.118. The quantitative estimate of drug-likeness (QED) is 0.702. The summed E-state index contributed by atoms with van der Waals surface area (Å²) in [6.45, 7) is 3.64. The molecular weight excluding hydrogens is 365 g/mol. The number of carbonyl (C=O) groups is 1. The van der Waals surface area contributed by atoms with E-state index in [2.05, 4.69) is 4.98 Å². The van der Waals surface area contributed by atoms with E-state index in [9.17, 15) is 9.18 Å². The Kier molecular flexibility index (Phi) is 5.15. The summed E-state index contributed by atoms with van der Waals surface area (Å²) in [7, 11) is 0. The summed E-state index contributed by atoms with van der Waals surface area (Å²) in [6.07, 6.45) is 0. The van der Waals surface area contributed by atoms with E-state index in [1.165, 1.54) is 12.1 Å². The molecule has 0 fully saturated rings. The van der Waals surface area contributed by atoms with Crippen molar-refractivity contribution in [2.45, 2.75) is 19.8 Å². The van der Waals surface area contributed by atoms with Crippen molar-refractivity contribution in [1.29, 1.82) is 0 Å². The zero-order valence-corrected chi connectivity index (χ0v) is 15.7. The molecule has 0 aliphatic heterocycles. The van der Waals surface area contributed by atoms with E-state index in [4.69, 9.17) is 23.1 Å². The highest BCUT2D eigenvalue weighted by Gasteiger charge is 2.26. The number of primary amides is 1. The van der Waals surface area contributed by atoms with Crippen LogP contribution in [0.2, 0.25) is 5.02 Å². The summed E-state index contributed by atoms with van der Waals surface area (Å²) in [5.74, 6) is -1.75. The molecule has 138 valence electrons. The van der Waals surface area contributed by atoms with Crippen molar-refractivity contribution in [3.05, 3.63) is 81.8 Å². The molecule has 0 spiro atoms. The first-order valence-electron chi connectivity index (χ1n) is 8.36. The first kappa shape index (κ1) is 18.9. The minimum Gasteiger partial charge on any atom is -0.399 e. The van der Waals surface area contributed by atoms with Crippen LogP contribution in [-0.4, -0.2) is 10.9 Å². The summed E-state index contributed by atoms with van der Waals surface area (Å²) < 4.78 is 13.4. The molecule has 3 aromatic rings. The second-order valence-corrected chi connectivity index (χ2v) is 6.88. The van der Waals surface area contributed by atoms with Gasteiger partial charge in [-0.15, -0.1) is 0 Å². The molecule has 1 aromatic heterocycles. The molecule has 1 amide bonds. The number of hydrogen-bond donors (Lipinski definition) is 2. The summed E-state index contributed by atoms with van der Waals surface area (Å²) in [6, 6.07) is 13.1. The maximum atomic E-state index is 13.4. The number of rotatable bonds is 4. The standard InChI is InChI=1S/C21H19ClFN3O/c1-11-4-3-5-16(22)19(11)20(21(25)27)18-10-14(24)9-17(26-18)15-7-6-13(23)8-12(15)2/h3-10,20H,1-2H3,(H2,24,26)(H2,25,27). The molecule has 4 nitrogen and oxygen atoms in total. The minimum absolute atomic E-state index is 0.331. The minimum atomic E-state index is -0.846. The maximum absolute atomic E-state index is 13.4. The monoisotopic (exact) mass is 383 g/mol. The van der Waals surface area contributed by atoms with Crippen LogP contribution in [0.5, 0.6) is 0 Å². The van der Waals surface area contributed by atoms with Gasteiger partial charge in [0.1, 0.15) is 11.7 Å². The third-order valence-corrected chi connectivity index (χ3v) is 4.80. The lowest BCUT2D eigenvalue weighted by Crippen LogP contribution is -2.24. The number of anilines is 1. The fraction of sp³-hybridized carbons (Fsp3) is 0.143. The van der Waals surface area contributed by atoms with E-state index in [0.717, 1.165) is 11.1 Å². The van der Waals surface area contributed by atoms with Crippen LogP contribution in [0.4, 0.5) is 10.1 Å². The fourth-order valence-corrected chi connectivity index (χ4v) is 3.55. The Morgan fingerprint density at radius 1 is 1.11 bits per heavy atom. The third kappa shape index (κ3) is 3.78. The molecule has 1 unspecified atom stereocenters. The van der Waals surface area contributed by atoms with Gasteiger partial charge in [0.25, 0.3) is 0 Å². The van der Waals surface area contributed by atoms with Crippen LogP contribution >= 0.6 is 11.6 Å². The first-order valence-corrected chi connectivity index (χ1v) is 8.74. The van der Waals surface area contributed by atoms with Crippen molar-refractivity contribution >= 4 is 23.2 Å². The zero-order chi connectivity index (χ0) is 19.7. The van der Waals surface area contributed by atoms with Gasteiger partial charge in [-0.3, -0.25) is 9.78 Å².